The van der Waals surface area contributed by atoms with Crippen molar-refractivity contribution >= 4 is 29.1 Å². The molecule has 4 rings (SSSR count). The number of nitrogens with zero attached hydrogens (tertiary/aromatic N) is 6. The Hall–Kier alpha value is -2.94. The average Bonchev–Trinajstić information content (AvgIpc) is 3.13. The Morgan fingerprint density at radius 2 is 2.12 bits per heavy atom. The zero-order valence-electron chi connectivity index (χ0n) is 19.3. The lowest BCUT2D eigenvalue weighted by molar-refractivity contribution is 0.101. The molecule has 0 spiro atoms. The van der Waals surface area contributed by atoms with Gasteiger partial charge in [-0.1, -0.05) is 13.8 Å². The highest BCUT2D eigenvalue weighted by molar-refractivity contribution is 6.15. The fraction of sp³-hybridized carbons (Fsp3) is 0.565. The number of carbonyl (C=O) groups is 2. The van der Waals surface area contributed by atoms with Gasteiger partial charge in [0.15, 0.2) is 11.5 Å². The van der Waals surface area contributed by atoms with Crippen LogP contribution in [0, 0.1) is 5.92 Å². The fourth-order valence-corrected chi connectivity index (χ4v) is 4.77. The minimum absolute atomic E-state index is 0.149. The number of carbonyl (C=O) groups excluding carboxylic acids is 2. The van der Waals surface area contributed by atoms with Gasteiger partial charge in [-0.2, -0.15) is 5.10 Å². The van der Waals surface area contributed by atoms with Gasteiger partial charge in [-0.3, -0.25) is 9.48 Å². The number of nitrogens with one attached hydrogen (secondary N) is 1. The molecule has 0 saturated carbocycles. The SMILES string of the molecule is CCN(CC)CCCC1CCCN(C(=O)N2c3cnn(C)c3C(=O)Nc3cccnc32)C1. The van der Waals surface area contributed by atoms with Crippen LogP contribution in [0.25, 0.3) is 0 Å². The van der Waals surface area contributed by atoms with E-state index in [0.717, 1.165) is 51.9 Å². The largest absolute Gasteiger partial charge is 0.330 e. The molecule has 0 radical (unpaired) electrons. The van der Waals surface area contributed by atoms with Gasteiger partial charge < -0.3 is 15.1 Å². The summed E-state index contributed by atoms with van der Waals surface area (Å²) in [5, 5.41) is 7.11. The Balaban J connectivity index is 1.55. The van der Waals surface area contributed by atoms with E-state index in [2.05, 4.69) is 34.1 Å². The van der Waals surface area contributed by atoms with Crippen LogP contribution in [0.4, 0.5) is 22.0 Å². The topological polar surface area (TPSA) is 86.6 Å². The standard InChI is InChI=1S/C23H33N7O2/c1-4-28(5-2)13-7-9-17-10-8-14-29(16-17)23(32)30-19-15-25-27(3)20(19)22(31)26-18-11-6-12-24-21(18)30/h6,11-12,15,17H,4-5,7-10,13-14,16H2,1-3H3,(H,26,31). The molecule has 2 aromatic rings. The second kappa shape index (κ2) is 9.68. The summed E-state index contributed by atoms with van der Waals surface area (Å²) in [4.78, 5) is 37.0. The number of hydrogen-bond acceptors (Lipinski definition) is 5. The number of aromatic nitrogens is 3. The van der Waals surface area contributed by atoms with E-state index in [4.69, 9.17) is 0 Å². The number of amides is 3. The Kier molecular flexibility index (Phi) is 6.74. The number of likely N-dealkylation sites (tertiary alicyclic amines) is 1. The molecule has 0 aromatic carbocycles. The molecular weight excluding hydrogens is 406 g/mol. The quantitative estimate of drug-likeness (QED) is 0.745. The van der Waals surface area contributed by atoms with Crippen LogP contribution in [-0.4, -0.2) is 69.2 Å². The normalized spacial score (nSPS) is 18.2. The predicted octanol–water partition coefficient (Wildman–Crippen LogP) is 3.47. The highest BCUT2D eigenvalue weighted by Crippen LogP contribution is 2.37. The van der Waals surface area contributed by atoms with Crippen molar-refractivity contribution in [3.8, 4) is 0 Å². The third-order valence-electron chi connectivity index (χ3n) is 6.58. The third kappa shape index (κ3) is 4.34. The lowest BCUT2D eigenvalue weighted by Crippen LogP contribution is -2.46. The van der Waals surface area contributed by atoms with E-state index < -0.39 is 0 Å². The van der Waals surface area contributed by atoms with Crippen LogP contribution in [-0.2, 0) is 7.05 Å². The second-order valence-corrected chi connectivity index (χ2v) is 8.57. The maximum absolute atomic E-state index is 13.8. The summed E-state index contributed by atoms with van der Waals surface area (Å²) in [5.41, 5.74) is 1.34. The first-order valence-electron chi connectivity index (χ1n) is 11.6. The fourth-order valence-electron chi connectivity index (χ4n) is 4.77. The van der Waals surface area contributed by atoms with Crippen LogP contribution in [0.2, 0.25) is 0 Å². The Labute approximate surface area is 189 Å². The molecule has 2 aliphatic rings. The zero-order chi connectivity index (χ0) is 22.7. The molecule has 172 valence electrons. The molecule has 1 saturated heterocycles. The zero-order valence-corrected chi connectivity index (χ0v) is 19.3. The molecule has 2 aromatic heterocycles. The Morgan fingerprint density at radius 1 is 1.31 bits per heavy atom. The number of anilines is 3. The van der Waals surface area contributed by atoms with Gasteiger partial charge >= 0.3 is 6.03 Å². The van der Waals surface area contributed by atoms with Gasteiger partial charge in [0.25, 0.3) is 5.91 Å². The van der Waals surface area contributed by atoms with Crippen LogP contribution in [0.3, 0.4) is 0 Å². The van der Waals surface area contributed by atoms with Crippen molar-refractivity contribution in [1.29, 1.82) is 0 Å². The highest BCUT2D eigenvalue weighted by Gasteiger charge is 2.36. The summed E-state index contributed by atoms with van der Waals surface area (Å²) in [5.74, 6) is 0.630. The first kappa shape index (κ1) is 22.3. The molecule has 1 N–H and O–H groups in total. The van der Waals surface area contributed by atoms with Crippen molar-refractivity contribution in [2.75, 3.05) is 42.9 Å². The van der Waals surface area contributed by atoms with Crippen molar-refractivity contribution in [2.45, 2.75) is 39.5 Å². The summed E-state index contributed by atoms with van der Waals surface area (Å²) >= 11 is 0. The smallest absolute Gasteiger partial charge is 0.324 e. The molecule has 1 unspecified atom stereocenters. The number of pyridine rings is 1. The number of urea groups is 1. The van der Waals surface area contributed by atoms with E-state index in [-0.39, 0.29) is 11.9 Å². The van der Waals surface area contributed by atoms with E-state index in [9.17, 15) is 9.59 Å². The molecule has 2 aliphatic heterocycles. The van der Waals surface area contributed by atoms with Crippen molar-refractivity contribution in [1.82, 2.24) is 24.6 Å². The van der Waals surface area contributed by atoms with Gasteiger partial charge in [0, 0.05) is 26.3 Å². The molecule has 1 fully saturated rings. The first-order valence-corrected chi connectivity index (χ1v) is 11.6. The molecule has 32 heavy (non-hydrogen) atoms. The van der Waals surface area contributed by atoms with E-state index in [1.165, 1.54) is 4.68 Å². The van der Waals surface area contributed by atoms with E-state index in [0.29, 0.717) is 35.3 Å². The predicted molar refractivity (Wildman–Crippen MR) is 124 cm³/mol. The van der Waals surface area contributed by atoms with Crippen molar-refractivity contribution < 1.29 is 9.59 Å². The Morgan fingerprint density at radius 3 is 2.91 bits per heavy atom. The highest BCUT2D eigenvalue weighted by atomic mass is 16.2. The summed E-state index contributed by atoms with van der Waals surface area (Å²) in [6.45, 7) is 9.09. The van der Waals surface area contributed by atoms with E-state index in [1.807, 2.05) is 4.90 Å². The van der Waals surface area contributed by atoms with E-state index in [1.54, 1.807) is 36.5 Å². The molecule has 1 atom stereocenters. The van der Waals surface area contributed by atoms with Gasteiger partial charge in [-0.25, -0.2) is 14.7 Å². The summed E-state index contributed by atoms with van der Waals surface area (Å²) in [7, 11) is 1.71. The molecular formula is C23H33N7O2. The van der Waals surface area contributed by atoms with Gasteiger partial charge in [-0.05, 0) is 63.4 Å². The Bertz CT molecular complexity index is 969. The molecule has 9 nitrogen and oxygen atoms in total. The number of fused-ring (bicyclic) bond motifs is 2. The van der Waals surface area contributed by atoms with Crippen LogP contribution in [0.15, 0.2) is 24.5 Å². The minimum atomic E-state index is -0.294. The van der Waals surface area contributed by atoms with Crippen LogP contribution in [0.5, 0.6) is 0 Å². The number of hydrogen-bond donors (Lipinski definition) is 1. The van der Waals surface area contributed by atoms with Gasteiger partial charge in [0.1, 0.15) is 5.69 Å². The maximum atomic E-state index is 13.8. The van der Waals surface area contributed by atoms with Crippen molar-refractivity contribution in [3.63, 3.8) is 0 Å². The van der Waals surface area contributed by atoms with Crippen LogP contribution >= 0.6 is 0 Å². The average molecular weight is 440 g/mol. The molecule has 9 heteroatoms. The number of aryl methyl sites for hydroxylation is 1. The van der Waals surface area contributed by atoms with E-state index >= 15 is 0 Å². The number of piperidine rings is 1. The summed E-state index contributed by atoms with van der Waals surface area (Å²) in [6, 6.07) is 3.37. The molecule has 0 bridgehead atoms. The first-order chi connectivity index (χ1) is 15.5. The summed E-state index contributed by atoms with van der Waals surface area (Å²) in [6.07, 6.45) is 7.61. The van der Waals surface area contributed by atoms with Crippen LogP contribution in [0.1, 0.15) is 50.0 Å². The summed E-state index contributed by atoms with van der Waals surface area (Å²) < 4.78 is 1.50. The maximum Gasteiger partial charge on any atom is 0.330 e. The third-order valence-corrected chi connectivity index (χ3v) is 6.58. The van der Waals surface area contributed by atoms with Gasteiger partial charge in [0.05, 0.1) is 11.9 Å². The van der Waals surface area contributed by atoms with Crippen molar-refractivity contribution in [2.24, 2.45) is 13.0 Å². The number of rotatable bonds is 6. The minimum Gasteiger partial charge on any atom is -0.324 e. The van der Waals surface area contributed by atoms with Gasteiger partial charge in [0.2, 0.25) is 0 Å². The van der Waals surface area contributed by atoms with Crippen LogP contribution < -0.4 is 10.2 Å². The van der Waals surface area contributed by atoms with Gasteiger partial charge in [-0.15, -0.1) is 0 Å². The molecule has 3 amide bonds. The van der Waals surface area contributed by atoms with Crippen molar-refractivity contribution in [3.05, 3.63) is 30.2 Å². The molecule has 4 heterocycles. The monoisotopic (exact) mass is 439 g/mol. The lowest BCUT2D eigenvalue weighted by atomic mass is 9.93. The second-order valence-electron chi connectivity index (χ2n) is 8.57. The lowest BCUT2D eigenvalue weighted by Gasteiger charge is -2.36. The molecule has 0 aliphatic carbocycles.